The highest BCUT2D eigenvalue weighted by molar-refractivity contribution is 6.34. The van der Waals surface area contributed by atoms with Gasteiger partial charge in [-0.05, 0) is 27.2 Å². The summed E-state index contributed by atoms with van der Waals surface area (Å²) in [6.07, 6.45) is 1.82. The minimum absolute atomic E-state index is 0.00807. The molecule has 3 N–H and O–H groups in total. The summed E-state index contributed by atoms with van der Waals surface area (Å²) >= 11 is 23.4. The molecule has 0 amide bonds. The Morgan fingerprint density at radius 1 is 0.730 bits per heavy atom. The van der Waals surface area contributed by atoms with Crippen molar-refractivity contribution >= 4 is 58.0 Å². The Bertz CT molecular complexity index is 1190. The van der Waals surface area contributed by atoms with Crippen molar-refractivity contribution in [2.75, 3.05) is 44.1 Å². The van der Waals surface area contributed by atoms with Gasteiger partial charge in [0.1, 0.15) is 49.7 Å². The van der Waals surface area contributed by atoms with Gasteiger partial charge in [-0.2, -0.15) is 0 Å². The summed E-state index contributed by atoms with van der Waals surface area (Å²) in [4.78, 5) is 26.5. The number of anilines is 2. The van der Waals surface area contributed by atoms with E-state index < -0.39 is 0 Å². The van der Waals surface area contributed by atoms with E-state index in [1.54, 1.807) is 20.9 Å². The maximum atomic E-state index is 8.79. The molecule has 4 heterocycles. The lowest BCUT2D eigenvalue weighted by molar-refractivity contribution is 0.299. The fourth-order valence-electron chi connectivity index (χ4n) is 3.41. The summed E-state index contributed by atoms with van der Waals surface area (Å²) in [6, 6.07) is 0. The maximum Gasteiger partial charge on any atom is 0.138 e. The number of likely N-dealkylation sites (N-methyl/N-ethyl adjacent to an activating group) is 1. The predicted octanol–water partition coefficient (Wildman–Crippen LogP) is 4.07. The van der Waals surface area contributed by atoms with Crippen LogP contribution in [0.4, 0.5) is 11.6 Å². The highest BCUT2D eigenvalue weighted by Gasteiger charge is 2.21. The van der Waals surface area contributed by atoms with Crippen molar-refractivity contribution < 1.29 is 10.2 Å². The molecular formula is C23H30Cl4N8O2. The van der Waals surface area contributed by atoms with Crippen LogP contribution in [0.2, 0.25) is 20.6 Å². The van der Waals surface area contributed by atoms with Crippen molar-refractivity contribution in [3.63, 3.8) is 0 Å². The lowest BCUT2D eigenvalue weighted by atomic mass is 10.2. The van der Waals surface area contributed by atoms with Gasteiger partial charge in [0.2, 0.25) is 0 Å². The molecule has 0 saturated carbocycles. The molecule has 10 nitrogen and oxygen atoms in total. The topological polar surface area (TPSA) is 133 Å². The number of nitrogens with zero attached hydrogens (tertiary/aromatic N) is 7. The number of aromatic nitrogens is 6. The van der Waals surface area contributed by atoms with Gasteiger partial charge >= 0.3 is 0 Å². The predicted molar refractivity (Wildman–Crippen MR) is 148 cm³/mol. The average molecular weight is 592 g/mol. The van der Waals surface area contributed by atoms with Gasteiger partial charge in [-0.3, -0.25) is 0 Å². The van der Waals surface area contributed by atoms with Gasteiger partial charge in [0.25, 0.3) is 0 Å². The lowest BCUT2D eigenvalue weighted by Gasteiger charge is -2.10. The van der Waals surface area contributed by atoms with Crippen LogP contribution in [0.25, 0.3) is 0 Å². The summed E-state index contributed by atoms with van der Waals surface area (Å²) in [6.45, 7) is 6.37. The monoisotopic (exact) mass is 590 g/mol. The van der Waals surface area contributed by atoms with Crippen molar-refractivity contribution in [1.82, 2.24) is 29.9 Å². The van der Waals surface area contributed by atoms with Crippen molar-refractivity contribution in [3.8, 4) is 0 Å². The Labute approximate surface area is 236 Å². The summed E-state index contributed by atoms with van der Waals surface area (Å²) in [5, 5.41) is 22.0. The van der Waals surface area contributed by atoms with E-state index in [4.69, 9.17) is 56.6 Å². The molecule has 37 heavy (non-hydrogen) atoms. The first kappa shape index (κ1) is 31.1. The first-order valence-corrected chi connectivity index (χ1v) is 12.9. The summed E-state index contributed by atoms with van der Waals surface area (Å²) in [5.74, 6) is 3.58. The molecule has 0 aromatic carbocycles. The molecule has 0 spiro atoms. The minimum Gasteiger partial charge on any atom is -0.396 e. The number of aliphatic hydroxyl groups excluding tert-OH is 2. The summed E-state index contributed by atoms with van der Waals surface area (Å²) < 4.78 is 0. The van der Waals surface area contributed by atoms with E-state index in [-0.39, 0.29) is 13.2 Å². The Morgan fingerprint density at radius 3 is 1.73 bits per heavy atom. The number of hydrogen-bond acceptors (Lipinski definition) is 10. The van der Waals surface area contributed by atoms with Gasteiger partial charge in [0.15, 0.2) is 0 Å². The molecule has 3 aromatic rings. The van der Waals surface area contributed by atoms with Gasteiger partial charge in [-0.25, -0.2) is 29.9 Å². The fraction of sp³-hybridized carbons (Fsp3) is 0.478. The maximum absolute atomic E-state index is 8.79. The molecule has 1 aliphatic rings. The van der Waals surface area contributed by atoms with Crippen LogP contribution in [0.5, 0.6) is 0 Å². The molecule has 1 aliphatic heterocycles. The van der Waals surface area contributed by atoms with Gasteiger partial charge < -0.3 is 20.4 Å². The number of nitrogens with one attached hydrogen (secondary N) is 1. The van der Waals surface area contributed by atoms with Crippen LogP contribution in [0.1, 0.15) is 34.2 Å². The van der Waals surface area contributed by atoms with Crippen molar-refractivity contribution in [2.45, 2.75) is 40.0 Å². The zero-order valence-electron chi connectivity index (χ0n) is 21.3. The third-order valence-corrected chi connectivity index (χ3v) is 6.40. The third kappa shape index (κ3) is 8.73. The van der Waals surface area contributed by atoms with E-state index in [0.29, 0.717) is 56.5 Å². The number of aliphatic hydroxyl groups is 2. The number of halogens is 4. The Hall–Kier alpha value is -2.08. The van der Waals surface area contributed by atoms with Crippen LogP contribution >= 0.6 is 46.4 Å². The lowest BCUT2D eigenvalue weighted by Crippen LogP contribution is -2.14. The zero-order valence-corrected chi connectivity index (χ0v) is 24.3. The molecule has 0 radical (unpaired) electrons. The van der Waals surface area contributed by atoms with Crippen LogP contribution in [0, 0.1) is 20.8 Å². The van der Waals surface area contributed by atoms with Gasteiger partial charge in [-0.1, -0.05) is 46.4 Å². The second kappa shape index (κ2) is 14.8. The Morgan fingerprint density at radius 2 is 1.19 bits per heavy atom. The fourth-order valence-corrected chi connectivity index (χ4v) is 4.68. The van der Waals surface area contributed by atoms with Crippen LogP contribution in [-0.4, -0.2) is 74.0 Å². The van der Waals surface area contributed by atoms with E-state index in [2.05, 4.69) is 40.1 Å². The summed E-state index contributed by atoms with van der Waals surface area (Å²) in [7, 11) is 3.79. The van der Waals surface area contributed by atoms with Gasteiger partial charge in [0.05, 0.1) is 0 Å². The van der Waals surface area contributed by atoms with Gasteiger partial charge in [0, 0.05) is 63.4 Å². The number of hydrogen-bond donors (Lipinski definition) is 3. The molecule has 4 rings (SSSR count). The highest BCUT2D eigenvalue weighted by Crippen LogP contribution is 2.29. The molecule has 0 saturated heterocycles. The molecule has 0 aliphatic carbocycles. The summed E-state index contributed by atoms with van der Waals surface area (Å²) in [5.41, 5.74) is 2.45. The number of aryl methyl sites for hydroxylation is 3. The molecule has 202 valence electrons. The van der Waals surface area contributed by atoms with Crippen LogP contribution in [0.15, 0.2) is 0 Å². The first-order chi connectivity index (χ1) is 17.5. The van der Waals surface area contributed by atoms with E-state index in [1.807, 2.05) is 14.0 Å². The minimum atomic E-state index is -0.00807. The largest absolute Gasteiger partial charge is 0.396 e. The Balaban J connectivity index is 0.000000195. The normalized spacial score (nSPS) is 11.8. The second-order valence-electron chi connectivity index (χ2n) is 7.95. The highest BCUT2D eigenvalue weighted by atomic mass is 35.5. The van der Waals surface area contributed by atoms with E-state index in [9.17, 15) is 0 Å². The van der Waals surface area contributed by atoms with Crippen LogP contribution in [0.3, 0.4) is 0 Å². The Kier molecular flexibility index (Phi) is 12.4. The molecular weight excluding hydrogens is 562 g/mol. The SMILES string of the molecule is CNc1nc(C)nc(Cl)c1CCO.Cc1nc(Cl)c(CCO)c(Cl)n1.Cc1nc(Cl)c2c(n1)N(C)CC2. The van der Waals surface area contributed by atoms with E-state index >= 15 is 0 Å². The number of rotatable bonds is 5. The molecule has 3 aromatic heterocycles. The second-order valence-corrected chi connectivity index (χ2v) is 9.38. The molecule has 0 bridgehead atoms. The van der Waals surface area contributed by atoms with Crippen molar-refractivity contribution in [1.29, 1.82) is 0 Å². The van der Waals surface area contributed by atoms with Crippen LogP contribution < -0.4 is 10.2 Å². The standard InChI is InChI=1S/C8H12ClN3O.C8H10ClN3.C7H8Cl2N2O/c1-5-11-7(9)6(3-4-13)8(10-2)12-5;1-5-10-7(9)6-3-4-12(2)8(6)11-5;1-4-10-6(8)5(2-3-12)7(9)11-4/h13H,3-4H2,1-2H3,(H,10,11,12);3-4H2,1-2H3;12H,2-3H2,1H3. The smallest absolute Gasteiger partial charge is 0.138 e. The van der Waals surface area contributed by atoms with E-state index in [0.717, 1.165) is 35.7 Å². The van der Waals surface area contributed by atoms with Crippen LogP contribution in [-0.2, 0) is 19.3 Å². The molecule has 0 fully saturated rings. The zero-order chi connectivity index (χ0) is 27.7. The van der Waals surface area contributed by atoms with Gasteiger partial charge in [-0.15, -0.1) is 0 Å². The molecule has 0 unspecified atom stereocenters. The van der Waals surface area contributed by atoms with E-state index in [1.165, 1.54) is 0 Å². The number of fused-ring (bicyclic) bond motifs is 1. The molecule has 0 atom stereocenters. The third-order valence-electron chi connectivity index (χ3n) is 5.15. The van der Waals surface area contributed by atoms with Crippen molar-refractivity contribution in [3.05, 3.63) is 54.8 Å². The van der Waals surface area contributed by atoms with Crippen molar-refractivity contribution in [2.24, 2.45) is 0 Å². The molecule has 14 heteroatoms. The first-order valence-electron chi connectivity index (χ1n) is 11.4. The average Bonchev–Trinajstić information content (AvgIpc) is 3.19. The quantitative estimate of drug-likeness (QED) is 0.373.